The third-order valence-corrected chi connectivity index (χ3v) is 7.68. The minimum absolute atomic E-state index is 0.858. The third kappa shape index (κ3) is 1.99. The zero-order valence-electron chi connectivity index (χ0n) is 8.94. The summed E-state index contributed by atoms with van der Waals surface area (Å²) in [4.78, 5) is 0. The Morgan fingerprint density at radius 1 is 0.833 bits per heavy atom. The Bertz CT molecular complexity index is 596. The second kappa shape index (κ2) is 4.93. The Morgan fingerprint density at radius 2 is 1.50 bits per heavy atom. The van der Waals surface area contributed by atoms with Gasteiger partial charge in [-0.1, -0.05) is 18.2 Å². The van der Waals surface area contributed by atoms with Crippen molar-refractivity contribution in [2.75, 3.05) is 0 Å². The molecule has 0 spiro atoms. The summed E-state index contributed by atoms with van der Waals surface area (Å²) in [5.41, 5.74) is 2.35. The fourth-order valence-corrected chi connectivity index (χ4v) is 4.36. The van der Waals surface area contributed by atoms with Crippen LogP contribution in [0.4, 0.5) is 0 Å². The van der Waals surface area contributed by atoms with Crippen LogP contribution in [-0.4, -0.2) is 0 Å². The lowest BCUT2D eigenvalue weighted by Crippen LogP contribution is -2.05. The Kier molecular flexibility index (Phi) is 3.60. The van der Waals surface area contributed by atoms with Crippen molar-refractivity contribution in [3.63, 3.8) is 0 Å². The normalized spacial score (nSPS) is 12.7. The van der Waals surface area contributed by atoms with E-state index in [1.54, 1.807) is 0 Å². The summed E-state index contributed by atoms with van der Waals surface area (Å²) in [6.45, 7) is 0. The van der Waals surface area contributed by atoms with Crippen LogP contribution >= 0.6 is 63.7 Å². The summed E-state index contributed by atoms with van der Waals surface area (Å²) < 4.78 is 9.91. The number of halogens is 4. The van der Waals surface area contributed by atoms with Crippen molar-refractivity contribution in [1.82, 2.24) is 0 Å². The average Bonchev–Trinajstić information content (AvgIpc) is 2.41. The van der Waals surface area contributed by atoms with E-state index in [4.69, 9.17) is 4.74 Å². The van der Waals surface area contributed by atoms with E-state index in [-0.39, 0.29) is 0 Å². The smallest absolute Gasteiger partial charge is 0.147 e. The molecule has 18 heavy (non-hydrogen) atoms. The van der Waals surface area contributed by atoms with E-state index in [1.165, 1.54) is 5.56 Å². The largest absolute Gasteiger partial charge is 0.455 e. The summed E-state index contributed by atoms with van der Waals surface area (Å²) in [6.07, 6.45) is 0.858. The molecular formula is C13H6Br4O. The molecule has 0 unspecified atom stereocenters. The zero-order chi connectivity index (χ0) is 12.9. The van der Waals surface area contributed by atoms with Crippen molar-refractivity contribution in [2.24, 2.45) is 0 Å². The molecule has 0 amide bonds. The van der Waals surface area contributed by atoms with Crippen molar-refractivity contribution < 1.29 is 4.74 Å². The van der Waals surface area contributed by atoms with Crippen molar-refractivity contribution in [2.45, 2.75) is 6.42 Å². The molecule has 0 saturated carbocycles. The Morgan fingerprint density at radius 3 is 2.28 bits per heavy atom. The molecule has 0 N–H and O–H groups in total. The topological polar surface area (TPSA) is 9.23 Å². The minimum Gasteiger partial charge on any atom is -0.455 e. The highest BCUT2D eigenvalue weighted by atomic mass is 79.9. The fraction of sp³-hybridized carbons (Fsp3) is 0.0769. The lowest BCUT2D eigenvalue weighted by atomic mass is 10.0. The standard InChI is InChI=1S/C13H6Br4O/c14-9-7-5-6-3-1-2-4-8(6)18-13(7)12(17)11(16)10(9)15/h1-4H,5H2. The van der Waals surface area contributed by atoms with Gasteiger partial charge in [0.15, 0.2) is 0 Å². The summed E-state index contributed by atoms with van der Waals surface area (Å²) >= 11 is 14.3. The van der Waals surface area contributed by atoms with E-state index < -0.39 is 0 Å². The summed E-state index contributed by atoms with van der Waals surface area (Å²) in [5.74, 6) is 1.79. The molecule has 0 radical (unpaired) electrons. The molecule has 2 aromatic carbocycles. The maximum Gasteiger partial charge on any atom is 0.147 e. The van der Waals surface area contributed by atoms with Crippen LogP contribution in [0.25, 0.3) is 0 Å². The highest BCUT2D eigenvalue weighted by molar-refractivity contribution is 9.15. The van der Waals surface area contributed by atoms with Crippen molar-refractivity contribution in [1.29, 1.82) is 0 Å². The summed E-state index contributed by atoms with van der Waals surface area (Å²) in [5, 5.41) is 0. The predicted molar refractivity (Wildman–Crippen MR) is 86.6 cm³/mol. The van der Waals surface area contributed by atoms with Gasteiger partial charge in [0, 0.05) is 20.9 Å². The first-order valence-electron chi connectivity index (χ1n) is 5.20. The molecule has 1 aliphatic heterocycles. The molecule has 0 atom stereocenters. The Hall–Kier alpha value is 0.160. The quantitative estimate of drug-likeness (QED) is 0.257. The minimum atomic E-state index is 0.858. The Balaban J connectivity index is 2.25. The van der Waals surface area contributed by atoms with E-state index in [0.29, 0.717) is 0 Å². The van der Waals surface area contributed by atoms with Crippen LogP contribution < -0.4 is 4.74 Å². The van der Waals surface area contributed by atoms with Gasteiger partial charge in [-0.05, 0) is 75.3 Å². The molecule has 1 heterocycles. The molecule has 0 aliphatic carbocycles. The number of para-hydroxylation sites is 1. The monoisotopic (exact) mass is 494 g/mol. The molecule has 5 heteroatoms. The SMILES string of the molecule is Brc1c(Br)c(Br)c2c(c1Br)Cc1ccccc1O2. The predicted octanol–water partition coefficient (Wildman–Crippen LogP) is 6.43. The lowest BCUT2D eigenvalue weighted by molar-refractivity contribution is 0.455. The fourth-order valence-electron chi connectivity index (χ4n) is 1.97. The van der Waals surface area contributed by atoms with E-state index in [9.17, 15) is 0 Å². The summed E-state index contributed by atoms with van der Waals surface area (Å²) in [6, 6.07) is 8.11. The van der Waals surface area contributed by atoms with E-state index in [0.717, 1.165) is 41.4 Å². The molecule has 0 saturated heterocycles. The number of fused-ring (bicyclic) bond motifs is 2. The van der Waals surface area contributed by atoms with Gasteiger partial charge in [-0.2, -0.15) is 0 Å². The van der Waals surface area contributed by atoms with Gasteiger partial charge >= 0.3 is 0 Å². The molecule has 0 aromatic heterocycles. The molecule has 2 aromatic rings. The van der Waals surface area contributed by atoms with Crippen LogP contribution in [0.3, 0.4) is 0 Å². The zero-order valence-corrected chi connectivity index (χ0v) is 15.3. The first kappa shape index (κ1) is 13.2. The highest BCUT2D eigenvalue weighted by Crippen LogP contribution is 2.50. The maximum atomic E-state index is 6.00. The van der Waals surface area contributed by atoms with Crippen LogP contribution in [0.2, 0.25) is 0 Å². The Labute approximate surface area is 138 Å². The van der Waals surface area contributed by atoms with Crippen LogP contribution in [0.5, 0.6) is 11.5 Å². The lowest BCUT2D eigenvalue weighted by Gasteiger charge is -2.23. The van der Waals surface area contributed by atoms with Gasteiger partial charge in [0.25, 0.3) is 0 Å². The molecule has 0 bridgehead atoms. The number of benzene rings is 2. The van der Waals surface area contributed by atoms with E-state index in [2.05, 4.69) is 69.8 Å². The number of hydrogen-bond acceptors (Lipinski definition) is 1. The van der Waals surface area contributed by atoms with Crippen LogP contribution in [0, 0.1) is 0 Å². The van der Waals surface area contributed by atoms with Crippen molar-refractivity contribution >= 4 is 63.7 Å². The first-order chi connectivity index (χ1) is 8.59. The van der Waals surface area contributed by atoms with Crippen LogP contribution in [0.15, 0.2) is 42.2 Å². The molecule has 0 fully saturated rings. The second-order valence-corrected chi connectivity index (χ2v) is 7.12. The summed E-state index contributed by atoms with van der Waals surface area (Å²) in [7, 11) is 0. The van der Waals surface area contributed by atoms with Gasteiger partial charge in [-0.25, -0.2) is 0 Å². The highest BCUT2D eigenvalue weighted by Gasteiger charge is 2.25. The molecule has 1 nitrogen and oxygen atoms in total. The van der Waals surface area contributed by atoms with Crippen molar-refractivity contribution in [3.8, 4) is 11.5 Å². The van der Waals surface area contributed by atoms with Crippen molar-refractivity contribution in [3.05, 3.63) is 53.3 Å². The average molecular weight is 498 g/mol. The van der Waals surface area contributed by atoms with Gasteiger partial charge in [-0.15, -0.1) is 0 Å². The second-order valence-electron chi connectivity index (χ2n) is 3.95. The van der Waals surface area contributed by atoms with E-state index in [1.807, 2.05) is 18.2 Å². The van der Waals surface area contributed by atoms with Gasteiger partial charge in [0.05, 0.1) is 8.95 Å². The van der Waals surface area contributed by atoms with Gasteiger partial charge < -0.3 is 4.74 Å². The first-order valence-corrected chi connectivity index (χ1v) is 8.37. The number of hydrogen-bond donors (Lipinski definition) is 0. The molecule has 92 valence electrons. The number of rotatable bonds is 0. The van der Waals surface area contributed by atoms with E-state index >= 15 is 0 Å². The molecule has 3 rings (SSSR count). The van der Waals surface area contributed by atoms with Gasteiger partial charge in [-0.3, -0.25) is 0 Å². The molecule has 1 aliphatic rings. The van der Waals surface area contributed by atoms with Gasteiger partial charge in [0.1, 0.15) is 11.5 Å². The van der Waals surface area contributed by atoms with Gasteiger partial charge in [0.2, 0.25) is 0 Å². The van der Waals surface area contributed by atoms with Crippen LogP contribution in [-0.2, 0) is 6.42 Å². The maximum absolute atomic E-state index is 6.00. The third-order valence-electron chi connectivity index (χ3n) is 2.87. The van der Waals surface area contributed by atoms with Crippen LogP contribution in [0.1, 0.15) is 11.1 Å². The number of ether oxygens (including phenoxy) is 1. The molecular weight excluding hydrogens is 492 g/mol.